The van der Waals surface area contributed by atoms with Crippen LogP contribution in [0, 0.1) is 0 Å². The molecule has 0 amide bonds. The summed E-state index contributed by atoms with van der Waals surface area (Å²) in [4.78, 5) is 4.25. The summed E-state index contributed by atoms with van der Waals surface area (Å²) in [5.41, 5.74) is 0. The van der Waals surface area contributed by atoms with Crippen LogP contribution < -0.4 is 5.32 Å². The largest absolute Gasteiger partial charge is 0.381 e. The Morgan fingerprint density at radius 2 is 2.37 bits per heavy atom. The first-order chi connectivity index (χ1) is 8.98. The maximum Gasteiger partial charge on any atom is 0.228 e. The van der Waals surface area contributed by atoms with Gasteiger partial charge in [-0.05, 0) is 6.92 Å². The van der Waals surface area contributed by atoms with Crippen molar-refractivity contribution in [3.63, 3.8) is 0 Å². The van der Waals surface area contributed by atoms with Crippen molar-refractivity contribution in [3.05, 3.63) is 11.7 Å². The molecule has 1 aromatic heterocycles. The van der Waals surface area contributed by atoms with Crippen LogP contribution in [0.5, 0.6) is 0 Å². The molecule has 1 aliphatic heterocycles. The van der Waals surface area contributed by atoms with Gasteiger partial charge in [-0.3, -0.25) is 0 Å². The Bertz CT molecular complexity index is 514. The molecule has 1 fully saturated rings. The van der Waals surface area contributed by atoms with Gasteiger partial charge >= 0.3 is 0 Å². The molecule has 2 rings (SSSR count). The molecule has 0 radical (unpaired) electrons. The zero-order valence-corrected chi connectivity index (χ0v) is 11.9. The van der Waals surface area contributed by atoms with E-state index in [1.54, 1.807) is 7.11 Å². The molecular formula is C11H19N3O4S. The van der Waals surface area contributed by atoms with Crippen LogP contribution in [0.25, 0.3) is 0 Å². The average molecular weight is 289 g/mol. The predicted molar refractivity (Wildman–Crippen MR) is 68.6 cm³/mol. The SMILES string of the molecule is COC(C)Cc1noc(CC2CS(=O)(=O)CCN2)n1. The highest BCUT2D eigenvalue weighted by atomic mass is 32.2. The van der Waals surface area contributed by atoms with E-state index in [9.17, 15) is 8.42 Å². The molecule has 0 saturated carbocycles. The van der Waals surface area contributed by atoms with E-state index >= 15 is 0 Å². The molecular weight excluding hydrogens is 270 g/mol. The Kier molecular flexibility index (Phi) is 4.54. The van der Waals surface area contributed by atoms with Crippen LogP contribution in [-0.4, -0.2) is 55.9 Å². The number of hydrogen-bond acceptors (Lipinski definition) is 7. The standard InChI is InChI=1S/C11H19N3O4S/c1-8(17-2)5-10-13-11(18-14-10)6-9-7-19(15,16)4-3-12-9/h8-9,12H,3-7H2,1-2H3. The second kappa shape index (κ2) is 5.98. The van der Waals surface area contributed by atoms with Crippen molar-refractivity contribution in [1.29, 1.82) is 0 Å². The Morgan fingerprint density at radius 1 is 1.58 bits per heavy atom. The maximum absolute atomic E-state index is 11.5. The van der Waals surface area contributed by atoms with Crippen molar-refractivity contribution >= 4 is 9.84 Å². The Balaban J connectivity index is 1.92. The van der Waals surface area contributed by atoms with Crippen molar-refractivity contribution in [2.24, 2.45) is 0 Å². The quantitative estimate of drug-likeness (QED) is 0.786. The van der Waals surface area contributed by atoms with Gasteiger partial charge in [-0.25, -0.2) is 8.42 Å². The van der Waals surface area contributed by atoms with E-state index in [1.165, 1.54) is 0 Å². The van der Waals surface area contributed by atoms with Crippen LogP contribution in [0.15, 0.2) is 4.52 Å². The van der Waals surface area contributed by atoms with E-state index in [2.05, 4.69) is 15.5 Å². The second-order valence-corrected chi connectivity index (χ2v) is 7.05. The van der Waals surface area contributed by atoms with Crippen molar-refractivity contribution in [2.45, 2.75) is 31.9 Å². The zero-order valence-electron chi connectivity index (χ0n) is 11.1. The highest BCUT2D eigenvalue weighted by Crippen LogP contribution is 2.09. The van der Waals surface area contributed by atoms with Crippen LogP contribution in [0.2, 0.25) is 0 Å². The van der Waals surface area contributed by atoms with Gasteiger partial charge in [-0.15, -0.1) is 0 Å². The molecule has 1 N–H and O–H groups in total. The van der Waals surface area contributed by atoms with Gasteiger partial charge in [-0.2, -0.15) is 4.98 Å². The fraction of sp³-hybridized carbons (Fsp3) is 0.818. The minimum absolute atomic E-state index is 0.0265. The van der Waals surface area contributed by atoms with E-state index in [0.717, 1.165) is 0 Å². The Morgan fingerprint density at radius 3 is 3.05 bits per heavy atom. The van der Waals surface area contributed by atoms with Gasteiger partial charge in [0.25, 0.3) is 0 Å². The lowest BCUT2D eigenvalue weighted by Crippen LogP contribution is -2.46. The number of rotatable bonds is 5. The van der Waals surface area contributed by atoms with Gasteiger partial charge in [0.2, 0.25) is 5.89 Å². The molecule has 0 aliphatic carbocycles. The maximum atomic E-state index is 11.5. The van der Waals surface area contributed by atoms with Crippen molar-refractivity contribution in [3.8, 4) is 0 Å². The summed E-state index contributed by atoms with van der Waals surface area (Å²) in [6.45, 7) is 2.40. The molecule has 2 atom stereocenters. The summed E-state index contributed by atoms with van der Waals surface area (Å²) in [7, 11) is -1.31. The lowest BCUT2D eigenvalue weighted by Gasteiger charge is -2.21. The normalized spacial score (nSPS) is 24.2. The van der Waals surface area contributed by atoms with E-state index in [0.29, 0.717) is 31.1 Å². The van der Waals surface area contributed by atoms with Crippen LogP contribution in [0.4, 0.5) is 0 Å². The van der Waals surface area contributed by atoms with Crippen molar-refractivity contribution in [1.82, 2.24) is 15.5 Å². The minimum Gasteiger partial charge on any atom is -0.381 e. The van der Waals surface area contributed by atoms with E-state index < -0.39 is 9.84 Å². The third-order valence-corrected chi connectivity index (χ3v) is 4.84. The molecule has 0 aromatic carbocycles. The summed E-state index contributed by atoms with van der Waals surface area (Å²) in [5, 5.41) is 7.02. The van der Waals surface area contributed by atoms with Crippen LogP contribution in [0.1, 0.15) is 18.6 Å². The number of ether oxygens (including phenoxy) is 1. The minimum atomic E-state index is -2.94. The monoisotopic (exact) mass is 289 g/mol. The Labute approximate surface area is 112 Å². The molecule has 108 valence electrons. The van der Waals surface area contributed by atoms with Gasteiger partial charge in [0.15, 0.2) is 15.7 Å². The number of aromatic nitrogens is 2. The van der Waals surface area contributed by atoms with Gasteiger partial charge < -0.3 is 14.6 Å². The molecule has 2 heterocycles. The van der Waals surface area contributed by atoms with Gasteiger partial charge in [0.1, 0.15) is 0 Å². The number of sulfone groups is 1. The average Bonchev–Trinajstić information content (AvgIpc) is 2.75. The lowest BCUT2D eigenvalue weighted by atomic mass is 10.2. The fourth-order valence-electron chi connectivity index (χ4n) is 2.01. The highest BCUT2D eigenvalue weighted by Gasteiger charge is 2.26. The van der Waals surface area contributed by atoms with E-state index in [-0.39, 0.29) is 23.7 Å². The first-order valence-electron chi connectivity index (χ1n) is 6.26. The number of hydrogen-bond donors (Lipinski definition) is 1. The van der Waals surface area contributed by atoms with Crippen molar-refractivity contribution in [2.75, 3.05) is 25.2 Å². The summed E-state index contributed by atoms with van der Waals surface area (Å²) < 4.78 is 33.3. The van der Waals surface area contributed by atoms with E-state index in [4.69, 9.17) is 9.26 Å². The van der Waals surface area contributed by atoms with E-state index in [1.807, 2.05) is 6.92 Å². The molecule has 1 aromatic rings. The van der Waals surface area contributed by atoms with Gasteiger partial charge in [0, 0.05) is 32.5 Å². The Hall–Kier alpha value is -0.990. The molecule has 2 unspecified atom stereocenters. The zero-order chi connectivity index (χ0) is 13.9. The summed E-state index contributed by atoms with van der Waals surface area (Å²) in [6, 6.07) is -0.146. The summed E-state index contributed by atoms with van der Waals surface area (Å²) >= 11 is 0. The molecule has 7 nitrogen and oxygen atoms in total. The summed E-state index contributed by atoms with van der Waals surface area (Å²) in [6.07, 6.45) is 1.04. The smallest absolute Gasteiger partial charge is 0.228 e. The summed E-state index contributed by atoms with van der Waals surface area (Å²) in [5.74, 6) is 1.37. The number of methoxy groups -OCH3 is 1. The number of nitrogens with one attached hydrogen (secondary N) is 1. The fourth-order valence-corrected chi connectivity index (χ4v) is 3.45. The predicted octanol–water partition coefficient (Wildman–Crippen LogP) is -0.424. The second-order valence-electron chi connectivity index (χ2n) is 4.82. The third kappa shape index (κ3) is 4.26. The first-order valence-corrected chi connectivity index (χ1v) is 8.08. The van der Waals surface area contributed by atoms with Crippen molar-refractivity contribution < 1.29 is 17.7 Å². The topological polar surface area (TPSA) is 94.3 Å². The highest BCUT2D eigenvalue weighted by molar-refractivity contribution is 7.91. The van der Waals surface area contributed by atoms with Crippen LogP contribution in [-0.2, 0) is 27.4 Å². The van der Waals surface area contributed by atoms with Crippen LogP contribution >= 0.6 is 0 Å². The first kappa shape index (κ1) is 14.4. The van der Waals surface area contributed by atoms with Gasteiger partial charge in [0.05, 0.1) is 17.6 Å². The molecule has 0 spiro atoms. The molecule has 19 heavy (non-hydrogen) atoms. The third-order valence-electron chi connectivity index (χ3n) is 3.10. The molecule has 0 bridgehead atoms. The molecule has 1 saturated heterocycles. The number of nitrogens with zero attached hydrogens (tertiary/aromatic N) is 2. The molecule has 8 heteroatoms. The van der Waals surface area contributed by atoms with Gasteiger partial charge in [-0.1, -0.05) is 5.16 Å². The molecule has 1 aliphatic rings. The van der Waals surface area contributed by atoms with Crippen LogP contribution in [0.3, 0.4) is 0 Å². The lowest BCUT2D eigenvalue weighted by molar-refractivity contribution is 0.116.